The Bertz CT molecular complexity index is 398. The van der Waals surface area contributed by atoms with Crippen LogP contribution in [0.1, 0.15) is 18.4 Å². The minimum Gasteiger partial charge on any atom is -0.481 e. The number of rotatable bonds is 2. The summed E-state index contributed by atoms with van der Waals surface area (Å²) in [6.45, 7) is 0. The second-order valence-corrected chi connectivity index (χ2v) is 3.89. The zero-order valence-corrected chi connectivity index (χ0v) is 8.31. The molecule has 0 aliphatic heterocycles. The second-order valence-electron chi connectivity index (χ2n) is 3.89. The summed E-state index contributed by atoms with van der Waals surface area (Å²) in [5.41, 5.74) is 6.30. The van der Waals surface area contributed by atoms with Crippen LogP contribution in [0, 0.1) is 0 Å². The summed E-state index contributed by atoms with van der Waals surface area (Å²) in [6, 6.07) is 7.10. The standard InChI is InChI=1S/C12H13NO2/c13-10-5-3-9(4-6-10)12(11(14)15)7-1-2-8-12/h1-6H,7-8,13H2,(H,14,15). The zero-order valence-electron chi connectivity index (χ0n) is 8.31. The van der Waals surface area contributed by atoms with Crippen molar-refractivity contribution in [3.63, 3.8) is 0 Å². The monoisotopic (exact) mass is 203 g/mol. The maximum absolute atomic E-state index is 11.3. The van der Waals surface area contributed by atoms with Gasteiger partial charge in [-0.1, -0.05) is 24.3 Å². The molecule has 0 radical (unpaired) electrons. The van der Waals surface area contributed by atoms with Crippen molar-refractivity contribution < 1.29 is 9.90 Å². The van der Waals surface area contributed by atoms with Gasteiger partial charge in [0.1, 0.15) is 0 Å². The van der Waals surface area contributed by atoms with E-state index in [0.29, 0.717) is 18.5 Å². The fourth-order valence-electron chi connectivity index (χ4n) is 1.99. The van der Waals surface area contributed by atoms with Gasteiger partial charge < -0.3 is 10.8 Å². The molecule has 0 saturated carbocycles. The predicted molar refractivity (Wildman–Crippen MR) is 58.5 cm³/mol. The van der Waals surface area contributed by atoms with Gasteiger partial charge in [0.15, 0.2) is 0 Å². The Morgan fingerprint density at radius 3 is 2.20 bits per heavy atom. The second kappa shape index (κ2) is 3.42. The summed E-state index contributed by atoms with van der Waals surface area (Å²) in [5, 5.41) is 9.32. The van der Waals surface area contributed by atoms with Gasteiger partial charge in [-0.25, -0.2) is 0 Å². The molecule has 3 N–H and O–H groups in total. The Labute approximate surface area is 88.2 Å². The van der Waals surface area contributed by atoms with Crippen LogP contribution < -0.4 is 5.73 Å². The first-order chi connectivity index (χ1) is 7.15. The van der Waals surface area contributed by atoms with E-state index in [-0.39, 0.29) is 0 Å². The zero-order chi connectivity index (χ0) is 10.9. The van der Waals surface area contributed by atoms with Crippen molar-refractivity contribution >= 4 is 11.7 Å². The van der Waals surface area contributed by atoms with Gasteiger partial charge in [0.2, 0.25) is 0 Å². The molecule has 0 saturated heterocycles. The average molecular weight is 203 g/mol. The summed E-state index contributed by atoms with van der Waals surface area (Å²) >= 11 is 0. The number of allylic oxidation sites excluding steroid dienone is 2. The number of carboxylic acids is 1. The number of aliphatic carboxylic acids is 1. The molecule has 0 spiro atoms. The average Bonchev–Trinajstić information content (AvgIpc) is 2.69. The summed E-state index contributed by atoms with van der Waals surface area (Å²) in [4.78, 5) is 11.3. The van der Waals surface area contributed by atoms with Crippen LogP contribution in [0.4, 0.5) is 5.69 Å². The molecular weight excluding hydrogens is 190 g/mol. The molecule has 0 fully saturated rings. The van der Waals surface area contributed by atoms with Crippen LogP contribution in [-0.2, 0) is 10.2 Å². The lowest BCUT2D eigenvalue weighted by Gasteiger charge is -2.24. The third-order valence-electron chi connectivity index (χ3n) is 2.97. The smallest absolute Gasteiger partial charge is 0.314 e. The van der Waals surface area contributed by atoms with Gasteiger partial charge in [0.25, 0.3) is 0 Å². The van der Waals surface area contributed by atoms with Gasteiger partial charge in [0, 0.05) is 5.69 Å². The van der Waals surface area contributed by atoms with E-state index in [2.05, 4.69) is 0 Å². The Morgan fingerprint density at radius 2 is 1.73 bits per heavy atom. The van der Waals surface area contributed by atoms with Crippen LogP contribution >= 0.6 is 0 Å². The number of hydrogen-bond acceptors (Lipinski definition) is 2. The lowest BCUT2D eigenvalue weighted by atomic mass is 9.78. The highest BCUT2D eigenvalue weighted by atomic mass is 16.4. The Kier molecular flexibility index (Phi) is 2.23. The van der Waals surface area contributed by atoms with Crippen molar-refractivity contribution in [3.05, 3.63) is 42.0 Å². The molecule has 0 atom stereocenters. The minimum atomic E-state index is -0.770. The number of benzene rings is 1. The van der Waals surface area contributed by atoms with Crippen LogP contribution in [0.2, 0.25) is 0 Å². The first kappa shape index (κ1) is 9.77. The number of hydrogen-bond donors (Lipinski definition) is 2. The molecule has 0 bridgehead atoms. The third kappa shape index (κ3) is 1.50. The molecule has 2 rings (SSSR count). The van der Waals surface area contributed by atoms with E-state index in [0.717, 1.165) is 5.56 Å². The molecule has 78 valence electrons. The molecule has 3 heteroatoms. The van der Waals surface area contributed by atoms with Crippen molar-refractivity contribution in [3.8, 4) is 0 Å². The molecule has 0 unspecified atom stereocenters. The molecule has 1 aromatic carbocycles. The Morgan fingerprint density at radius 1 is 1.20 bits per heavy atom. The Balaban J connectivity index is 2.42. The molecule has 1 aliphatic carbocycles. The van der Waals surface area contributed by atoms with Crippen LogP contribution in [0.3, 0.4) is 0 Å². The summed E-state index contributed by atoms with van der Waals surface area (Å²) in [7, 11) is 0. The van der Waals surface area contributed by atoms with Crippen LogP contribution in [0.25, 0.3) is 0 Å². The molecular formula is C12H13NO2. The molecule has 0 amide bonds. The number of nitrogen functional groups attached to an aromatic ring is 1. The molecule has 0 aromatic heterocycles. The number of nitrogens with two attached hydrogens (primary N) is 1. The van der Waals surface area contributed by atoms with E-state index in [1.165, 1.54) is 0 Å². The third-order valence-corrected chi connectivity index (χ3v) is 2.97. The van der Waals surface area contributed by atoms with Gasteiger partial charge in [-0.15, -0.1) is 0 Å². The lowest BCUT2D eigenvalue weighted by Crippen LogP contribution is -2.32. The van der Waals surface area contributed by atoms with Crippen LogP contribution in [0.5, 0.6) is 0 Å². The normalized spacial score (nSPS) is 17.9. The SMILES string of the molecule is Nc1ccc(C2(C(=O)O)CC=CC2)cc1. The van der Waals surface area contributed by atoms with Gasteiger partial charge in [-0.3, -0.25) is 4.79 Å². The maximum Gasteiger partial charge on any atom is 0.314 e. The van der Waals surface area contributed by atoms with Crippen LogP contribution in [0.15, 0.2) is 36.4 Å². The minimum absolute atomic E-state index is 0.562. The van der Waals surface area contributed by atoms with Gasteiger partial charge in [-0.05, 0) is 30.5 Å². The van der Waals surface area contributed by atoms with E-state index in [1.54, 1.807) is 24.3 Å². The first-order valence-electron chi connectivity index (χ1n) is 4.89. The van der Waals surface area contributed by atoms with E-state index >= 15 is 0 Å². The van der Waals surface area contributed by atoms with Crippen molar-refractivity contribution in [2.24, 2.45) is 0 Å². The molecule has 1 aliphatic rings. The fraction of sp³-hybridized carbons (Fsp3) is 0.250. The Hall–Kier alpha value is -1.77. The first-order valence-corrected chi connectivity index (χ1v) is 4.89. The van der Waals surface area contributed by atoms with Crippen molar-refractivity contribution in [2.75, 3.05) is 5.73 Å². The highest BCUT2D eigenvalue weighted by Crippen LogP contribution is 2.37. The lowest BCUT2D eigenvalue weighted by molar-refractivity contribution is -0.143. The van der Waals surface area contributed by atoms with E-state index in [9.17, 15) is 9.90 Å². The van der Waals surface area contributed by atoms with Gasteiger partial charge in [-0.2, -0.15) is 0 Å². The largest absolute Gasteiger partial charge is 0.481 e. The summed E-state index contributed by atoms with van der Waals surface area (Å²) in [6.07, 6.45) is 4.97. The molecule has 1 aromatic rings. The quantitative estimate of drug-likeness (QED) is 0.570. The highest BCUT2D eigenvalue weighted by Gasteiger charge is 2.40. The topological polar surface area (TPSA) is 63.3 Å². The van der Waals surface area contributed by atoms with Gasteiger partial charge in [0.05, 0.1) is 5.41 Å². The highest BCUT2D eigenvalue weighted by molar-refractivity contribution is 5.82. The van der Waals surface area contributed by atoms with Crippen LogP contribution in [-0.4, -0.2) is 11.1 Å². The summed E-state index contributed by atoms with van der Waals surface area (Å²) in [5.74, 6) is -0.766. The van der Waals surface area contributed by atoms with E-state index in [1.807, 2.05) is 12.2 Å². The van der Waals surface area contributed by atoms with Crippen molar-refractivity contribution in [1.29, 1.82) is 0 Å². The fourth-order valence-corrected chi connectivity index (χ4v) is 1.99. The van der Waals surface area contributed by atoms with Crippen molar-refractivity contribution in [2.45, 2.75) is 18.3 Å². The number of carbonyl (C=O) groups is 1. The van der Waals surface area contributed by atoms with E-state index in [4.69, 9.17) is 5.73 Å². The predicted octanol–water partition coefficient (Wildman–Crippen LogP) is 1.94. The molecule has 15 heavy (non-hydrogen) atoms. The van der Waals surface area contributed by atoms with Crippen molar-refractivity contribution in [1.82, 2.24) is 0 Å². The molecule has 0 heterocycles. The van der Waals surface area contributed by atoms with E-state index < -0.39 is 11.4 Å². The number of carboxylic acid groups (broad SMARTS) is 1. The maximum atomic E-state index is 11.3. The molecule has 3 nitrogen and oxygen atoms in total. The van der Waals surface area contributed by atoms with Gasteiger partial charge >= 0.3 is 5.97 Å². The summed E-state index contributed by atoms with van der Waals surface area (Å²) < 4.78 is 0. The number of anilines is 1.